The Bertz CT molecular complexity index is 738. The van der Waals surface area contributed by atoms with E-state index in [4.69, 9.17) is 0 Å². The van der Waals surface area contributed by atoms with Crippen LogP contribution in [0, 0.1) is 0 Å². The van der Waals surface area contributed by atoms with E-state index in [1.165, 1.54) is 27.8 Å². The minimum absolute atomic E-state index is 0.0512. The zero-order chi connectivity index (χ0) is 14.7. The number of carbonyl (C=O) groups is 1. The van der Waals surface area contributed by atoms with Crippen LogP contribution in [0.25, 0.3) is 5.69 Å². The molecule has 3 rings (SSSR count). The van der Waals surface area contributed by atoms with Crippen molar-refractivity contribution in [3.05, 3.63) is 46.7 Å². The van der Waals surface area contributed by atoms with Gasteiger partial charge >= 0.3 is 0 Å². The molecule has 0 aliphatic heterocycles. The molecule has 0 fully saturated rings. The fourth-order valence-corrected chi connectivity index (χ4v) is 3.19. The van der Waals surface area contributed by atoms with Crippen LogP contribution in [0.5, 0.6) is 5.75 Å². The summed E-state index contributed by atoms with van der Waals surface area (Å²) in [6, 6.07) is 10.2. The van der Waals surface area contributed by atoms with E-state index in [0.717, 1.165) is 10.6 Å². The number of nitrogens with zero attached hydrogens (tertiary/aromatic N) is 4. The molecular formula is C13H10N4O2S2. The Morgan fingerprint density at radius 3 is 2.81 bits per heavy atom. The molecule has 0 saturated heterocycles. The number of aromatic hydroxyl groups is 1. The molecule has 8 heteroatoms. The summed E-state index contributed by atoms with van der Waals surface area (Å²) in [7, 11) is 0. The lowest BCUT2D eigenvalue weighted by molar-refractivity contribution is 0.102. The normalized spacial score (nSPS) is 10.7. The second-order valence-electron chi connectivity index (χ2n) is 4.08. The average molecular weight is 318 g/mol. The molecule has 0 amide bonds. The molecule has 0 bridgehead atoms. The van der Waals surface area contributed by atoms with Crippen LogP contribution in [-0.4, -0.2) is 36.8 Å². The van der Waals surface area contributed by atoms with Gasteiger partial charge in [0.15, 0.2) is 5.78 Å². The van der Waals surface area contributed by atoms with E-state index >= 15 is 0 Å². The highest BCUT2D eigenvalue weighted by atomic mass is 32.2. The molecule has 0 saturated carbocycles. The predicted molar refractivity (Wildman–Crippen MR) is 80.2 cm³/mol. The highest BCUT2D eigenvalue weighted by Gasteiger charge is 2.13. The van der Waals surface area contributed by atoms with Crippen LogP contribution >= 0.6 is 23.1 Å². The maximum atomic E-state index is 12.0. The van der Waals surface area contributed by atoms with Gasteiger partial charge in [-0.1, -0.05) is 17.8 Å². The lowest BCUT2D eigenvalue weighted by atomic mass is 10.3. The fourth-order valence-electron chi connectivity index (χ4n) is 1.66. The van der Waals surface area contributed by atoms with Crippen molar-refractivity contribution in [1.82, 2.24) is 20.2 Å². The third-order valence-electron chi connectivity index (χ3n) is 2.66. The Labute approximate surface area is 128 Å². The quantitative estimate of drug-likeness (QED) is 0.575. The molecule has 106 valence electrons. The molecule has 6 nitrogen and oxygen atoms in total. The summed E-state index contributed by atoms with van der Waals surface area (Å²) >= 11 is 2.70. The van der Waals surface area contributed by atoms with Crippen LogP contribution in [-0.2, 0) is 0 Å². The van der Waals surface area contributed by atoms with Gasteiger partial charge in [0.05, 0.1) is 16.3 Å². The second-order valence-corrected chi connectivity index (χ2v) is 5.97. The summed E-state index contributed by atoms with van der Waals surface area (Å²) in [6.45, 7) is 0. The number of thioether (sulfide) groups is 1. The van der Waals surface area contributed by atoms with Crippen molar-refractivity contribution in [2.24, 2.45) is 0 Å². The topological polar surface area (TPSA) is 80.9 Å². The molecule has 3 aromatic rings. The first-order chi connectivity index (χ1) is 10.2. The van der Waals surface area contributed by atoms with Gasteiger partial charge in [-0.15, -0.1) is 16.4 Å². The molecule has 2 aromatic heterocycles. The standard InChI is InChI=1S/C13H10N4O2S2/c18-10-5-3-9(4-6-10)17-13(14-15-16-17)21-8-11(19)12-2-1-7-20-12/h1-7,18H,8H2. The Morgan fingerprint density at radius 2 is 2.10 bits per heavy atom. The number of phenolic OH excluding ortho intramolecular Hbond substituents is 1. The molecule has 0 aliphatic carbocycles. The van der Waals surface area contributed by atoms with E-state index in [2.05, 4.69) is 15.5 Å². The number of carbonyl (C=O) groups excluding carboxylic acids is 1. The van der Waals surface area contributed by atoms with Gasteiger partial charge in [0, 0.05) is 0 Å². The Kier molecular flexibility index (Phi) is 3.98. The van der Waals surface area contributed by atoms with Crippen molar-refractivity contribution in [2.75, 3.05) is 5.75 Å². The monoisotopic (exact) mass is 318 g/mol. The fraction of sp³-hybridized carbons (Fsp3) is 0.0769. The molecule has 2 heterocycles. The molecular weight excluding hydrogens is 308 g/mol. The van der Waals surface area contributed by atoms with Crippen molar-refractivity contribution >= 4 is 28.9 Å². The van der Waals surface area contributed by atoms with E-state index in [1.807, 2.05) is 11.4 Å². The zero-order valence-electron chi connectivity index (χ0n) is 10.7. The van der Waals surface area contributed by atoms with Gasteiger partial charge in [-0.2, -0.15) is 4.68 Å². The minimum Gasteiger partial charge on any atom is -0.508 e. The van der Waals surface area contributed by atoms with Crippen LogP contribution in [0.4, 0.5) is 0 Å². The van der Waals surface area contributed by atoms with Crippen molar-refractivity contribution in [3.8, 4) is 11.4 Å². The molecule has 0 radical (unpaired) electrons. The number of hydrogen-bond donors (Lipinski definition) is 1. The molecule has 1 N–H and O–H groups in total. The third kappa shape index (κ3) is 3.11. The van der Waals surface area contributed by atoms with Gasteiger partial charge in [-0.25, -0.2) is 0 Å². The summed E-state index contributed by atoms with van der Waals surface area (Å²) < 4.78 is 1.53. The van der Waals surface area contributed by atoms with Gasteiger partial charge in [0.25, 0.3) is 0 Å². The van der Waals surface area contributed by atoms with Crippen LogP contribution in [0.1, 0.15) is 9.67 Å². The molecule has 21 heavy (non-hydrogen) atoms. The highest BCUT2D eigenvalue weighted by Crippen LogP contribution is 2.21. The van der Waals surface area contributed by atoms with E-state index in [9.17, 15) is 9.90 Å². The van der Waals surface area contributed by atoms with Crippen molar-refractivity contribution < 1.29 is 9.90 Å². The lowest BCUT2D eigenvalue weighted by Crippen LogP contribution is -2.03. The number of tetrazole rings is 1. The molecule has 0 spiro atoms. The summed E-state index contributed by atoms with van der Waals surface area (Å²) in [4.78, 5) is 12.7. The van der Waals surface area contributed by atoms with E-state index < -0.39 is 0 Å². The second kappa shape index (κ2) is 6.06. The number of benzene rings is 1. The van der Waals surface area contributed by atoms with E-state index in [-0.39, 0.29) is 17.3 Å². The average Bonchev–Trinajstić information content (AvgIpc) is 3.17. The summed E-state index contributed by atoms with van der Waals surface area (Å²) in [5.41, 5.74) is 0.726. The predicted octanol–water partition coefficient (Wildman–Crippen LogP) is 2.40. The highest BCUT2D eigenvalue weighted by molar-refractivity contribution is 7.99. The molecule has 0 atom stereocenters. The van der Waals surface area contributed by atoms with Gasteiger partial charge in [-0.05, 0) is 46.1 Å². The number of phenols is 1. The number of rotatable bonds is 5. The molecule has 0 unspecified atom stereocenters. The van der Waals surface area contributed by atoms with Crippen molar-refractivity contribution in [2.45, 2.75) is 5.16 Å². The maximum Gasteiger partial charge on any atom is 0.214 e. The smallest absolute Gasteiger partial charge is 0.214 e. The Balaban J connectivity index is 1.74. The maximum absolute atomic E-state index is 12.0. The number of thiophene rings is 1. The Hall–Kier alpha value is -2.19. The van der Waals surface area contributed by atoms with Crippen molar-refractivity contribution in [1.29, 1.82) is 0 Å². The van der Waals surface area contributed by atoms with Gasteiger partial charge < -0.3 is 5.11 Å². The van der Waals surface area contributed by atoms with Crippen LogP contribution in [0.2, 0.25) is 0 Å². The van der Waals surface area contributed by atoms with E-state index in [1.54, 1.807) is 30.3 Å². The summed E-state index contributed by atoms with van der Waals surface area (Å²) in [5.74, 6) is 0.503. The Morgan fingerprint density at radius 1 is 1.29 bits per heavy atom. The first-order valence-corrected chi connectivity index (χ1v) is 7.88. The number of hydrogen-bond acceptors (Lipinski definition) is 7. The lowest BCUT2D eigenvalue weighted by Gasteiger charge is -2.03. The van der Waals surface area contributed by atoms with Gasteiger partial charge in [0.2, 0.25) is 5.16 Å². The summed E-state index contributed by atoms with van der Waals surface area (Å²) in [5, 5.41) is 23.2. The largest absolute Gasteiger partial charge is 0.508 e. The van der Waals surface area contributed by atoms with Gasteiger partial charge in [0.1, 0.15) is 5.75 Å². The molecule has 1 aromatic carbocycles. The summed E-state index contributed by atoms with van der Waals surface area (Å²) in [6.07, 6.45) is 0. The van der Waals surface area contributed by atoms with Crippen LogP contribution in [0.15, 0.2) is 46.9 Å². The minimum atomic E-state index is 0.0512. The third-order valence-corrected chi connectivity index (χ3v) is 4.49. The van der Waals surface area contributed by atoms with E-state index in [0.29, 0.717) is 5.16 Å². The number of ketones is 1. The first-order valence-electron chi connectivity index (χ1n) is 6.01. The number of aromatic nitrogens is 4. The SMILES string of the molecule is O=C(CSc1nnnn1-c1ccc(O)cc1)c1cccs1. The van der Waals surface area contributed by atoms with Crippen LogP contribution in [0.3, 0.4) is 0 Å². The zero-order valence-corrected chi connectivity index (χ0v) is 12.3. The molecule has 0 aliphatic rings. The van der Waals surface area contributed by atoms with Crippen LogP contribution < -0.4 is 0 Å². The van der Waals surface area contributed by atoms with Crippen molar-refractivity contribution in [3.63, 3.8) is 0 Å². The first kappa shape index (κ1) is 13.8. The number of Topliss-reactive ketones (excluding diaryl/α,β-unsaturated/α-hetero) is 1. The van der Waals surface area contributed by atoms with Gasteiger partial charge in [-0.3, -0.25) is 4.79 Å².